The summed E-state index contributed by atoms with van der Waals surface area (Å²) in [5, 5.41) is 3.56. The van der Waals surface area contributed by atoms with Crippen molar-refractivity contribution >= 4 is 17.3 Å². The van der Waals surface area contributed by atoms with Gasteiger partial charge in [-0.15, -0.1) is 0 Å². The maximum absolute atomic E-state index is 13.3. The standard InChI is InChI=1S/C27H32N2O2/c1-16(2)11-22(30)18-8-5-7-17-19(18)12-21-20(17)13-26-15-29-10-6-9-27(29,24(31)28-26)14-23(26)25(21,3)4/h5,7-8,11,23H,6,9-10,12-15H2,1-4H3,(H,28,31)/t23-,26?,27?/m0/s1. The molecule has 1 aromatic rings. The van der Waals surface area contributed by atoms with Gasteiger partial charge in [0, 0.05) is 12.1 Å². The molecule has 3 atom stereocenters. The monoisotopic (exact) mass is 416 g/mol. The highest BCUT2D eigenvalue weighted by atomic mass is 16.2. The lowest BCUT2D eigenvalue weighted by Crippen LogP contribution is -2.81. The molecule has 6 aliphatic rings. The van der Waals surface area contributed by atoms with Gasteiger partial charge in [0.2, 0.25) is 5.91 Å². The number of carbonyl (C=O) groups is 2. The van der Waals surface area contributed by atoms with Crippen LogP contribution in [0, 0.1) is 11.3 Å². The van der Waals surface area contributed by atoms with Crippen molar-refractivity contribution in [3.8, 4) is 0 Å². The molecule has 7 rings (SSSR count). The first kappa shape index (κ1) is 19.5. The first-order valence-corrected chi connectivity index (χ1v) is 11.8. The molecule has 0 saturated carbocycles. The molecule has 2 bridgehead atoms. The lowest BCUT2D eigenvalue weighted by Gasteiger charge is -2.66. The molecule has 4 heteroatoms. The second-order valence-corrected chi connectivity index (χ2v) is 11.4. The van der Waals surface area contributed by atoms with E-state index in [0.29, 0.717) is 5.92 Å². The summed E-state index contributed by atoms with van der Waals surface area (Å²) in [4.78, 5) is 28.8. The number of allylic oxidation sites excluding steroid dienone is 3. The average molecular weight is 417 g/mol. The van der Waals surface area contributed by atoms with E-state index in [4.69, 9.17) is 0 Å². The second-order valence-electron chi connectivity index (χ2n) is 11.4. The molecule has 2 unspecified atom stereocenters. The van der Waals surface area contributed by atoms with E-state index in [9.17, 15) is 9.59 Å². The Balaban J connectivity index is 1.47. The van der Waals surface area contributed by atoms with Crippen LogP contribution in [0.1, 0.15) is 74.9 Å². The molecule has 1 aromatic carbocycles. The third-order valence-electron chi connectivity index (χ3n) is 9.14. The molecule has 2 spiro atoms. The molecule has 0 radical (unpaired) electrons. The Morgan fingerprint density at radius 2 is 2.06 bits per heavy atom. The zero-order valence-electron chi connectivity index (χ0n) is 19.1. The van der Waals surface area contributed by atoms with Crippen LogP contribution in [0.15, 0.2) is 35.4 Å². The highest BCUT2D eigenvalue weighted by molar-refractivity contribution is 6.07. The maximum atomic E-state index is 13.3. The van der Waals surface area contributed by atoms with Crippen LogP contribution in [0.5, 0.6) is 0 Å². The minimum Gasteiger partial charge on any atom is -0.347 e. The Bertz CT molecular complexity index is 1110. The quantitative estimate of drug-likeness (QED) is 0.578. The number of ketones is 1. The number of amides is 1. The van der Waals surface area contributed by atoms with E-state index < -0.39 is 0 Å². The van der Waals surface area contributed by atoms with E-state index in [1.165, 1.54) is 22.3 Å². The van der Waals surface area contributed by atoms with Gasteiger partial charge in [0.15, 0.2) is 5.78 Å². The van der Waals surface area contributed by atoms with Gasteiger partial charge in [-0.05, 0) is 86.6 Å². The van der Waals surface area contributed by atoms with Crippen LogP contribution >= 0.6 is 0 Å². The van der Waals surface area contributed by atoms with Crippen LogP contribution in [-0.2, 0) is 11.2 Å². The Morgan fingerprint density at radius 3 is 2.84 bits per heavy atom. The summed E-state index contributed by atoms with van der Waals surface area (Å²) in [6, 6.07) is 6.21. The number of hydrogen-bond acceptors (Lipinski definition) is 3. The van der Waals surface area contributed by atoms with Crippen molar-refractivity contribution in [2.75, 3.05) is 13.1 Å². The minimum absolute atomic E-state index is 0.00118. The van der Waals surface area contributed by atoms with E-state index in [1.807, 2.05) is 26.0 Å². The van der Waals surface area contributed by atoms with Crippen molar-refractivity contribution in [1.29, 1.82) is 0 Å². The number of fused-ring (bicyclic) bond motifs is 3. The highest BCUT2D eigenvalue weighted by Crippen LogP contribution is 2.63. The van der Waals surface area contributed by atoms with Gasteiger partial charge in [-0.25, -0.2) is 0 Å². The van der Waals surface area contributed by atoms with Crippen LogP contribution in [0.4, 0.5) is 0 Å². The molecule has 4 fully saturated rings. The predicted octanol–water partition coefficient (Wildman–Crippen LogP) is 4.30. The highest BCUT2D eigenvalue weighted by Gasteiger charge is 2.68. The van der Waals surface area contributed by atoms with Crippen molar-refractivity contribution < 1.29 is 9.59 Å². The molecule has 2 aliphatic carbocycles. The molecule has 4 saturated heterocycles. The van der Waals surface area contributed by atoms with E-state index in [2.05, 4.69) is 30.1 Å². The van der Waals surface area contributed by atoms with Crippen molar-refractivity contribution in [3.05, 3.63) is 52.1 Å². The predicted molar refractivity (Wildman–Crippen MR) is 122 cm³/mol. The van der Waals surface area contributed by atoms with E-state index >= 15 is 0 Å². The lowest BCUT2D eigenvalue weighted by atomic mass is 9.50. The minimum atomic E-state index is -0.280. The molecule has 1 N–H and O–H groups in total. The Kier molecular flexibility index (Phi) is 3.76. The number of hydrogen-bond donors (Lipinski definition) is 1. The third kappa shape index (κ3) is 2.35. The molecular weight excluding hydrogens is 384 g/mol. The van der Waals surface area contributed by atoms with Crippen LogP contribution in [0.2, 0.25) is 0 Å². The number of piperazine rings is 1. The smallest absolute Gasteiger partial charge is 0.241 e. The SMILES string of the molecule is CC(C)=CC(=O)c1cccc2c1CC1=C2CC23CN4CCCC4(C[C@H]2C1(C)C)C(=O)N3. The van der Waals surface area contributed by atoms with Gasteiger partial charge in [-0.1, -0.05) is 43.2 Å². The van der Waals surface area contributed by atoms with E-state index in [0.717, 1.165) is 56.3 Å². The zero-order chi connectivity index (χ0) is 21.8. The first-order chi connectivity index (χ1) is 14.7. The molecule has 162 valence electrons. The summed E-state index contributed by atoms with van der Waals surface area (Å²) >= 11 is 0. The summed E-state index contributed by atoms with van der Waals surface area (Å²) in [6.07, 6.45) is 6.61. The summed E-state index contributed by atoms with van der Waals surface area (Å²) in [6.45, 7) is 10.7. The lowest BCUT2D eigenvalue weighted by molar-refractivity contribution is -0.161. The molecule has 4 heterocycles. The van der Waals surface area contributed by atoms with Crippen molar-refractivity contribution in [3.63, 3.8) is 0 Å². The zero-order valence-corrected chi connectivity index (χ0v) is 19.1. The van der Waals surface area contributed by atoms with Gasteiger partial charge in [-0.3, -0.25) is 14.5 Å². The van der Waals surface area contributed by atoms with Crippen LogP contribution < -0.4 is 5.32 Å². The van der Waals surface area contributed by atoms with Gasteiger partial charge < -0.3 is 5.32 Å². The topological polar surface area (TPSA) is 49.4 Å². The number of benzene rings is 1. The van der Waals surface area contributed by atoms with Crippen molar-refractivity contribution in [2.24, 2.45) is 11.3 Å². The molecular formula is C27H32N2O2. The van der Waals surface area contributed by atoms with Crippen LogP contribution in [-0.4, -0.2) is 40.8 Å². The molecule has 0 aromatic heterocycles. The summed E-state index contributed by atoms with van der Waals surface area (Å²) in [5.41, 5.74) is 6.72. The fraction of sp³-hybridized carbons (Fsp3) is 0.556. The number of carbonyl (C=O) groups excluding carboxylic acids is 2. The molecule has 31 heavy (non-hydrogen) atoms. The Hall–Kier alpha value is -2.20. The fourth-order valence-electron chi connectivity index (χ4n) is 7.79. The van der Waals surface area contributed by atoms with Crippen LogP contribution in [0.3, 0.4) is 0 Å². The number of nitrogens with one attached hydrogen (secondary N) is 1. The molecule has 1 amide bonds. The number of rotatable bonds is 2. The number of piperidine rings is 2. The van der Waals surface area contributed by atoms with Gasteiger partial charge in [-0.2, -0.15) is 0 Å². The van der Waals surface area contributed by atoms with Gasteiger partial charge >= 0.3 is 0 Å². The molecule has 4 nitrogen and oxygen atoms in total. The average Bonchev–Trinajstić information content (AvgIpc) is 3.28. The normalized spacial score (nSPS) is 34.6. The van der Waals surface area contributed by atoms with E-state index in [-0.39, 0.29) is 28.2 Å². The number of nitrogens with zero attached hydrogens (tertiary/aromatic N) is 1. The summed E-state index contributed by atoms with van der Waals surface area (Å²) < 4.78 is 0. The van der Waals surface area contributed by atoms with E-state index in [1.54, 1.807) is 6.08 Å². The van der Waals surface area contributed by atoms with Crippen molar-refractivity contribution in [1.82, 2.24) is 10.2 Å². The van der Waals surface area contributed by atoms with Gasteiger partial charge in [0.05, 0.1) is 5.54 Å². The fourth-order valence-corrected chi connectivity index (χ4v) is 7.79. The largest absolute Gasteiger partial charge is 0.347 e. The van der Waals surface area contributed by atoms with Crippen LogP contribution in [0.25, 0.3) is 5.57 Å². The summed E-state index contributed by atoms with van der Waals surface area (Å²) in [7, 11) is 0. The Morgan fingerprint density at radius 1 is 1.26 bits per heavy atom. The third-order valence-corrected chi connectivity index (χ3v) is 9.14. The summed E-state index contributed by atoms with van der Waals surface area (Å²) in [5.74, 6) is 0.814. The molecule has 4 aliphatic heterocycles. The van der Waals surface area contributed by atoms with Gasteiger partial charge in [0.1, 0.15) is 5.54 Å². The van der Waals surface area contributed by atoms with Gasteiger partial charge in [0.25, 0.3) is 0 Å². The Labute approximate surface area is 184 Å². The van der Waals surface area contributed by atoms with Crippen molar-refractivity contribution in [2.45, 2.75) is 70.9 Å². The maximum Gasteiger partial charge on any atom is 0.241 e. The second kappa shape index (κ2) is 5.98. The first-order valence-electron chi connectivity index (χ1n) is 11.8.